The van der Waals surface area contributed by atoms with Crippen LogP contribution < -0.4 is 10.1 Å². The Kier molecular flexibility index (Phi) is 3.80. The van der Waals surface area contributed by atoms with Crippen molar-refractivity contribution >= 4 is 11.6 Å². The molecule has 15 heavy (non-hydrogen) atoms. The summed E-state index contributed by atoms with van der Waals surface area (Å²) >= 11 is 5.87. The normalized spacial score (nSPS) is 20.5. The molecule has 0 saturated carbocycles. The van der Waals surface area contributed by atoms with Gasteiger partial charge in [0.15, 0.2) is 10.9 Å². The maximum absolute atomic E-state index is 5.87. The number of nitrogens with one attached hydrogen (secondary N) is 1. The summed E-state index contributed by atoms with van der Waals surface area (Å²) in [6.07, 6.45) is 4.00. The van der Waals surface area contributed by atoms with Crippen LogP contribution in [0.4, 0.5) is 0 Å². The van der Waals surface area contributed by atoms with Crippen LogP contribution in [0, 0.1) is 5.92 Å². The molecule has 1 aliphatic heterocycles. The molecule has 0 spiro atoms. The van der Waals surface area contributed by atoms with E-state index in [4.69, 9.17) is 16.3 Å². The highest BCUT2D eigenvalue weighted by Crippen LogP contribution is 2.21. The minimum absolute atomic E-state index is 0.446. The molecular weight excluding hydrogens is 212 g/mol. The maximum atomic E-state index is 5.87. The zero-order chi connectivity index (χ0) is 10.5. The highest BCUT2D eigenvalue weighted by molar-refractivity contribution is 6.30. The lowest BCUT2D eigenvalue weighted by Crippen LogP contribution is -2.11. The minimum Gasteiger partial charge on any atom is -0.490 e. The maximum Gasteiger partial charge on any atom is 0.171 e. The summed E-state index contributed by atoms with van der Waals surface area (Å²) in [5.74, 6) is 1.44. The summed E-state index contributed by atoms with van der Waals surface area (Å²) < 4.78 is 5.58. The van der Waals surface area contributed by atoms with Crippen LogP contribution in [0.5, 0.6) is 5.75 Å². The molecule has 0 bridgehead atoms. The fraction of sp³-hybridized carbons (Fsp3) is 0.545. The largest absolute Gasteiger partial charge is 0.490 e. The second-order valence-corrected chi connectivity index (χ2v) is 4.15. The van der Waals surface area contributed by atoms with Crippen LogP contribution in [-0.2, 0) is 0 Å². The van der Waals surface area contributed by atoms with E-state index in [9.17, 15) is 0 Å². The van der Waals surface area contributed by atoms with Gasteiger partial charge in [0, 0.05) is 6.20 Å². The third-order valence-corrected chi connectivity index (χ3v) is 2.95. The van der Waals surface area contributed by atoms with Crippen LogP contribution in [0.1, 0.15) is 12.8 Å². The second kappa shape index (κ2) is 5.33. The zero-order valence-corrected chi connectivity index (χ0v) is 9.33. The number of ether oxygens (including phenoxy) is 1. The van der Waals surface area contributed by atoms with E-state index in [-0.39, 0.29) is 0 Å². The van der Waals surface area contributed by atoms with Crippen molar-refractivity contribution in [2.24, 2.45) is 5.92 Å². The van der Waals surface area contributed by atoms with Gasteiger partial charge in [0.05, 0.1) is 6.61 Å². The van der Waals surface area contributed by atoms with Crippen molar-refractivity contribution in [1.82, 2.24) is 10.3 Å². The molecule has 4 heteroatoms. The third kappa shape index (κ3) is 3.08. The third-order valence-electron chi connectivity index (χ3n) is 2.67. The summed E-state index contributed by atoms with van der Waals surface area (Å²) in [7, 11) is 0. The molecule has 0 radical (unpaired) electrons. The standard InChI is InChI=1S/C11H15ClN2O/c12-11-10(2-1-5-14-11)15-7-4-9-3-6-13-8-9/h1-2,5,9,13H,3-4,6-8H2. The van der Waals surface area contributed by atoms with Gasteiger partial charge in [-0.05, 0) is 44.0 Å². The number of pyridine rings is 1. The van der Waals surface area contributed by atoms with Crippen molar-refractivity contribution in [2.45, 2.75) is 12.8 Å². The van der Waals surface area contributed by atoms with E-state index in [1.54, 1.807) is 6.20 Å². The lowest BCUT2D eigenvalue weighted by molar-refractivity contribution is 0.283. The predicted octanol–water partition coefficient (Wildman–Crippen LogP) is 2.11. The summed E-state index contributed by atoms with van der Waals surface area (Å²) in [4.78, 5) is 3.96. The van der Waals surface area contributed by atoms with Crippen molar-refractivity contribution in [3.63, 3.8) is 0 Å². The molecule has 1 atom stereocenters. The van der Waals surface area contributed by atoms with Crippen molar-refractivity contribution < 1.29 is 4.74 Å². The Morgan fingerprint density at radius 1 is 1.60 bits per heavy atom. The fourth-order valence-electron chi connectivity index (χ4n) is 1.78. The van der Waals surface area contributed by atoms with Gasteiger partial charge < -0.3 is 10.1 Å². The molecule has 1 unspecified atom stereocenters. The van der Waals surface area contributed by atoms with Crippen LogP contribution in [0.15, 0.2) is 18.3 Å². The summed E-state index contributed by atoms with van der Waals surface area (Å²) in [5.41, 5.74) is 0. The van der Waals surface area contributed by atoms with Gasteiger partial charge in [0.25, 0.3) is 0 Å². The Labute approximate surface area is 94.8 Å². The topological polar surface area (TPSA) is 34.1 Å². The van der Waals surface area contributed by atoms with Crippen LogP contribution in [0.25, 0.3) is 0 Å². The number of aromatic nitrogens is 1. The first-order valence-electron chi connectivity index (χ1n) is 5.30. The molecule has 1 aromatic heterocycles. The first kappa shape index (κ1) is 10.7. The molecule has 0 aliphatic carbocycles. The van der Waals surface area contributed by atoms with Gasteiger partial charge in [-0.3, -0.25) is 0 Å². The SMILES string of the molecule is Clc1ncccc1OCCC1CCNC1. The molecule has 2 heterocycles. The minimum atomic E-state index is 0.446. The van der Waals surface area contributed by atoms with Crippen LogP contribution in [-0.4, -0.2) is 24.7 Å². The molecule has 82 valence electrons. The first-order valence-corrected chi connectivity index (χ1v) is 5.68. The van der Waals surface area contributed by atoms with Crippen LogP contribution in [0.2, 0.25) is 5.15 Å². The van der Waals surface area contributed by atoms with Gasteiger partial charge in [-0.15, -0.1) is 0 Å². The molecule has 3 nitrogen and oxygen atoms in total. The lowest BCUT2D eigenvalue weighted by atomic mass is 10.1. The number of halogens is 1. The van der Waals surface area contributed by atoms with Gasteiger partial charge >= 0.3 is 0 Å². The molecule has 1 aromatic rings. The van der Waals surface area contributed by atoms with Gasteiger partial charge in [-0.2, -0.15) is 0 Å². The summed E-state index contributed by atoms with van der Waals surface area (Å²) in [6.45, 7) is 2.97. The van der Waals surface area contributed by atoms with Crippen molar-refractivity contribution in [3.8, 4) is 5.75 Å². The predicted molar refractivity (Wildman–Crippen MR) is 60.3 cm³/mol. The number of nitrogens with zero attached hydrogens (tertiary/aromatic N) is 1. The molecule has 0 aromatic carbocycles. The molecule has 2 rings (SSSR count). The fourth-order valence-corrected chi connectivity index (χ4v) is 1.95. The van der Waals surface area contributed by atoms with E-state index in [0.717, 1.165) is 32.0 Å². The summed E-state index contributed by atoms with van der Waals surface area (Å²) in [5, 5.41) is 3.78. The number of hydrogen-bond acceptors (Lipinski definition) is 3. The van der Waals surface area contributed by atoms with Crippen molar-refractivity contribution in [2.75, 3.05) is 19.7 Å². The molecule has 1 aliphatic rings. The smallest absolute Gasteiger partial charge is 0.171 e. The van der Waals surface area contributed by atoms with E-state index in [1.807, 2.05) is 12.1 Å². The van der Waals surface area contributed by atoms with Gasteiger partial charge in [-0.25, -0.2) is 4.98 Å². The Hall–Kier alpha value is -0.800. The van der Waals surface area contributed by atoms with E-state index in [1.165, 1.54) is 6.42 Å². The Balaban J connectivity index is 1.75. The average molecular weight is 227 g/mol. The monoisotopic (exact) mass is 226 g/mol. The number of hydrogen-bond donors (Lipinski definition) is 1. The van der Waals surface area contributed by atoms with Gasteiger partial charge in [0.2, 0.25) is 0 Å². The molecular formula is C11H15ClN2O. The van der Waals surface area contributed by atoms with E-state index >= 15 is 0 Å². The molecule has 1 saturated heterocycles. The molecule has 1 fully saturated rings. The number of rotatable bonds is 4. The van der Waals surface area contributed by atoms with Gasteiger partial charge in [0.1, 0.15) is 0 Å². The Morgan fingerprint density at radius 2 is 2.53 bits per heavy atom. The van der Waals surface area contributed by atoms with E-state index in [2.05, 4.69) is 10.3 Å². The van der Waals surface area contributed by atoms with E-state index < -0.39 is 0 Å². The average Bonchev–Trinajstić information content (AvgIpc) is 2.74. The Bertz CT molecular complexity index is 313. The second-order valence-electron chi connectivity index (χ2n) is 3.79. The highest BCUT2D eigenvalue weighted by atomic mass is 35.5. The van der Waals surface area contributed by atoms with Crippen molar-refractivity contribution in [3.05, 3.63) is 23.5 Å². The van der Waals surface area contributed by atoms with Crippen LogP contribution >= 0.6 is 11.6 Å². The van der Waals surface area contributed by atoms with Gasteiger partial charge in [-0.1, -0.05) is 11.6 Å². The summed E-state index contributed by atoms with van der Waals surface area (Å²) in [6, 6.07) is 3.68. The molecule has 1 N–H and O–H groups in total. The lowest BCUT2D eigenvalue weighted by Gasteiger charge is -2.10. The molecule has 0 amide bonds. The zero-order valence-electron chi connectivity index (χ0n) is 8.58. The van der Waals surface area contributed by atoms with Crippen LogP contribution in [0.3, 0.4) is 0 Å². The highest BCUT2D eigenvalue weighted by Gasteiger charge is 2.14. The van der Waals surface area contributed by atoms with Crippen molar-refractivity contribution in [1.29, 1.82) is 0 Å². The Morgan fingerprint density at radius 3 is 3.27 bits per heavy atom. The van der Waals surface area contributed by atoms with E-state index in [0.29, 0.717) is 10.9 Å². The quantitative estimate of drug-likeness (QED) is 0.799. The first-order chi connectivity index (χ1) is 7.36.